The van der Waals surface area contributed by atoms with Crippen molar-refractivity contribution < 1.29 is 4.21 Å². The van der Waals surface area contributed by atoms with E-state index >= 15 is 0 Å². The Morgan fingerprint density at radius 3 is 1.91 bits per heavy atom. The van der Waals surface area contributed by atoms with Crippen molar-refractivity contribution in [2.24, 2.45) is 11.3 Å². The summed E-state index contributed by atoms with van der Waals surface area (Å²) in [6, 6.07) is 20.4. The van der Waals surface area contributed by atoms with E-state index in [1.165, 1.54) is 4.46 Å². The van der Waals surface area contributed by atoms with Crippen molar-refractivity contribution in [3.05, 3.63) is 60.7 Å². The van der Waals surface area contributed by atoms with Crippen molar-refractivity contribution in [3.63, 3.8) is 0 Å². The van der Waals surface area contributed by atoms with Crippen LogP contribution < -0.4 is 4.46 Å². The van der Waals surface area contributed by atoms with E-state index in [1.807, 2.05) is 36.4 Å². The normalized spacial score (nSPS) is 16.0. The molecule has 0 aliphatic heterocycles. The maximum absolute atomic E-state index is 13.2. The molecule has 0 aliphatic carbocycles. The molecule has 0 spiro atoms. The molecule has 1 nitrogen and oxygen atoms in total. The zero-order valence-electron chi connectivity index (χ0n) is 13.7. The van der Waals surface area contributed by atoms with Gasteiger partial charge in [-0.2, -0.15) is 0 Å². The van der Waals surface area contributed by atoms with E-state index in [2.05, 4.69) is 52.0 Å². The SMILES string of the molecule is C[C@H](C([Se]c1ccccc1)S(=O)c1ccccc1)C(C)(C)C. The zero-order valence-corrected chi connectivity index (χ0v) is 16.2. The third-order valence-electron chi connectivity index (χ3n) is 3.96. The molecule has 0 saturated heterocycles. The van der Waals surface area contributed by atoms with Crippen molar-refractivity contribution in [3.8, 4) is 0 Å². The molecule has 2 unspecified atom stereocenters. The van der Waals surface area contributed by atoms with Crippen LogP contribution in [0.3, 0.4) is 0 Å². The molecule has 0 fully saturated rings. The van der Waals surface area contributed by atoms with E-state index in [9.17, 15) is 4.21 Å². The van der Waals surface area contributed by atoms with Crippen LogP contribution in [0.5, 0.6) is 0 Å². The topological polar surface area (TPSA) is 17.1 Å². The monoisotopic (exact) mass is 380 g/mol. The van der Waals surface area contributed by atoms with Crippen LogP contribution in [-0.2, 0) is 10.8 Å². The van der Waals surface area contributed by atoms with Gasteiger partial charge in [-0.3, -0.25) is 0 Å². The van der Waals surface area contributed by atoms with Gasteiger partial charge in [0.2, 0.25) is 0 Å². The van der Waals surface area contributed by atoms with Crippen molar-refractivity contribution in [1.82, 2.24) is 0 Å². The summed E-state index contributed by atoms with van der Waals surface area (Å²) in [6.45, 7) is 8.98. The predicted octanol–water partition coefficient (Wildman–Crippen LogP) is 3.83. The molecule has 118 valence electrons. The minimum absolute atomic E-state index is 0.144. The van der Waals surface area contributed by atoms with Crippen LogP contribution in [0.25, 0.3) is 0 Å². The first-order valence-electron chi connectivity index (χ1n) is 7.57. The first-order chi connectivity index (χ1) is 10.4. The molecule has 0 N–H and O–H groups in total. The summed E-state index contributed by atoms with van der Waals surface area (Å²) in [5.41, 5.74) is 0.144. The van der Waals surface area contributed by atoms with E-state index in [4.69, 9.17) is 0 Å². The molecule has 3 atom stereocenters. The van der Waals surface area contributed by atoms with Gasteiger partial charge in [0.1, 0.15) is 0 Å². The van der Waals surface area contributed by atoms with Gasteiger partial charge in [0, 0.05) is 0 Å². The standard InChI is InChI=1S/C19H24OSSe/c1-15(19(2,3)4)18(22-17-13-9-6-10-14-17)21(20)16-11-7-5-8-12-16/h5-15,18H,1-4H3/t15-,18?,21?/m1/s1. The van der Waals surface area contributed by atoms with Crippen LogP contribution >= 0.6 is 0 Å². The van der Waals surface area contributed by atoms with E-state index < -0.39 is 10.8 Å². The Kier molecular flexibility index (Phi) is 6.02. The van der Waals surface area contributed by atoms with Gasteiger partial charge in [-0.25, -0.2) is 0 Å². The maximum atomic E-state index is 13.2. The molecule has 3 heteroatoms. The molecule has 0 aromatic heterocycles. The molecule has 0 aliphatic rings. The summed E-state index contributed by atoms with van der Waals surface area (Å²) >= 11 is 0.189. The number of benzene rings is 2. The average molecular weight is 379 g/mol. The van der Waals surface area contributed by atoms with Crippen molar-refractivity contribution in [2.45, 2.75) is 36.7 Å². The molecule has 0 bridgehead atoms. The fraction of sp³-hybridized carbons (Fsp3) is 0.368. The number of hydrogen-bond donors (Lipinski definition) is 0. The van der Waals surface area contributed by atoms with Gasteiger partial charge in [-0.1, -0.05) is 0 Å². The van der Waals surface area contributed by atoms with E-state index in [-0.39, 0.29) is 24.5 Å². The van der Waals surface area contributed by atoms with Crippen molar-refractivity contribution >= 4 is 30.2 Å². The van der Waals surface area contributed by atoms with Gasteiger partial charge in [0.25, 0.3) is 0 Å². The summed E-state index contributed by atoms with van der Waals surface area (Å²) in [5.74, 6) is 0.383. The zero-order chi connectivity index (χ0) is 16.2. The van der Waals surface area contributed by atoms with Crippen LogP contribution in [0, 0.1) is 11.3 Å². The quantitative estimate of drug-likeness (QED) is 0.722. The van der Waals surface area contributed by atoms with Gasteiger partial charge >= 0.3 is 143 Å². The molecule has 2 rings (SSSR count). The average Bonchev–Trinajstić information content (AvgIpc) is 2.52. The fourth-order valence-corrected chi connectivity index (χ4v) is 7.96. The first-order valence-corrected chi connectivity index (χ1v) is 10.6. The van der Waals surface area contributed by atoms with Crippen LogP contribution in [-0.4, -0.2) is 23.3 Å². The second kappa shape index (κ2) is 7.59. The summed E-state index contributed by atoms with van der Waals surface area (Å²) in [4.78, 5) is 0.946. The first kappa shape index (κ1) is 17.5. The third kappa shape index (κ3) is 4.55. The van der Waals surface area contributed by atoms with Crippen LogP contribution in [0.2, 0.25) is 0 Å². The minimum atomic E-state index is -0.970. The Morgan fingerprint density at radius 2 is 1.41 bits per heavy atom. The molecule has 0 radical (unpaired) electrons. The Bertz CT molecular complexity index is 604. The van der Waals surface area contributed by atoms with Crippen molar-refractivity contribution in [1.29, 1.82) is 0 Å². The van der Waals surface area contributed by atoms with E-state index in [0.29, 0.717) is 5.92 Å². The molecule has 2 aromatic carbocycles. The Hall–Kier alpha value is -0.891. The molecule has 0 amide bonds. The predicted molar refractivity (Wildman–Crippen MR) is 97.1 cm³/mol. The molecule has 2 aromatic rings. The Balaban J connectivity index is 2.31. The second-order valence-corrected chi connectivity index (χ2v) is 11.4. The van der Waals surface area contributed by atoms with Crippen LogP contribution in [0.1, 0.15) is 27.7 Å². The van der Waals surface area contributed by atoms with Gasteiger partial charge in [0.15, 0.2) is 0 Å². The summed E-state index contributed by atoms with van der Waals surface area (Å²) in [5, 5.41) is 0. The molecular formula is C19H24OSSe. The molecule has 0 heterocycles. The van der Waals surface area contributed by atoms with Gasteiger partial charge < -0.3 is 0 Å². The van der Waals surface area contributed by atoms with Gasteiger partial charge in [-0.15, -0.1) is 0 Å². The summed E-state index contributed by atoms with van der Waals surface area (Å²) < 4.78 is 14.7. The third-order valence-corrected chi connectivity index (χ3v) is 9.61. The second-order valence-electron chi connectivity index (χ2n) is 6.56. The van der Waals surface area contributed by atoms with Gasteiger partial charge in [0.05, 0.1) is 0 Å². The van der Waals surface area contributed by atoms with E-state index in [1.54, 1.807) is 0 Å². The molecular weight excluding hydrogens is 355 g/mol. The van der Waals surface area contributed by atoms with E-state index in [0.717, 1.165) is 4.90 Å². The molecule has 22 heavy (non-hydrogen) atoms. The van der Waals surface area contributed by atoms with Crippen molar-refractivity contribution in [2.75, 3.05) is 0 Å². The van der Waals surface area contributed by atoms with Gasteiger partial charge in [-0.05, 0) is 0 Å². The Labute approximate surface area is 143 Å². The summed E-state index contributed by atoms with van der Waals surface area (Å²) in [6.07, 6.45) is 0. The molecule has 0 saturated carbocycles. The number of rotatable bonds is 5. The fourth-order valence-electron chi connectivity index (χ4n) is 2.06. The van der Waals surface area contributed by atoms with Crippen LogP contribution in [0.4, 0.5) is 0 Å². The van der Waals surface area contributed by atoms with Crippen LogP contribution in [0.15, 0.2) is 65.6 Å². The Morgan fingerprint density at radius 1 is 0.909 bits per heavy atom. The number of hydrogen-bond acceptors (Lipinski definition) is 1. The summed E-state index contributed by atoms with van der Waals surface area (Å²) in [7, 11) is -0.970.